The first-order valence-electron chi connectivity index (χ1n) is 5.60. The number of nitrogens with one attached hydrogen (secondary N) is 1. The first-order valence-corrected chi connectivity index (χ1v) is 5.60. The molecule has 1 heterocycles. The average Bonchev–Trinajstić information content (AvgIpc) is 2.67. The van der Waals surface area contributed by atoms with E-state index in [9.17, 15) is 4.79 Å². The van der Waals surface area contributed by atoms with E-state index in [1.807, 2.05) is 21.1 Å². The summed E-state index contributed by atoms with van der Waals surface area (Å²) in [5.74, 6) is 0.0106. The van der Waals surface area contributed by atoms with Crippen molar-refractivity contribution in [3.63, 3.8) is 0 Å². The number of ether oxygens (including phenoxy) is 1. The number of quaternary nitrogens is 1. The third kappa shape index (κ3) is 4.88. The maximum Gasteiger partial charge on any atom is 0.356 e. The summed E-state index contributed by atoms with van der Waals surface area (Å²) in [5.41, 5.74) is 3.05. The Morgan fingerprint density at radius 1 is 1.47 bits per heavy atom. The molecule has 0 fully saturated rings. The number of methoxy groups -OCH3 is 1. The number of esters is 1. The van der Waals surface area contributed by atoms with Crippen molar-refractivity contribution in [2.75, 3.05) is 33.7 Å². The molecule has 0 bridgehead atoms. The summed E-state index contributed by atoms with van der Waals surface area (Å²) < 4.78 is 6.50. The van der Waals surface area contributed by atoms with E-state index in [0.717, 1.165) is 0 Å². The zero-order chi connectivity index (χ0) is 14.5. The summed E-state index contributed by atoms with van der Waals surface area (Å²) in [6, 6.07) is 1.56. The number of aryl methyl sites for hydroxylation is 1. The normalized spacial score (nSPS) is 12.3. The van der Waals surface area contributed by atoms with E-state index >= 15 is 0 Å². The Balaban J connectivity index is 2.62. The van der Waals surface area contributed by atoms with Gasteiger partial charge in [-0.3, -0.25) is 10.1 Å². The van der Waals surface area contributed by atoms with Crippen molar-refractivity contribution in [3.8, 4) is 0 Å². The molecule has 0 amide bonds. The highest BCUT2D eigenvalue weighted by atomic mass is 16.5. The Morgan fingerprint density at radius 3 is 2.74 bits per heavy atom. The van der Waals surface area contributed by atoms with Gasteiger partial charge in [-0.25, -0.2) is 9.39 Å². The van der Waals surface area contributed by atoms with E-state index in [1.54, 1.807) is 19.3 Å². The number of nitrogens with zero attached hydrogens (tertiary/aromatic N) is 5. The quantitative estimate of drug-likeness (QED) is 0.360. The molecular weight excluding hydrogens is 248 g/mol. The minimum absolute atomic E-state index is 0.347. The molecule has 1 rings (SSSR count). The maximum absolute atomic E-state index is 11.4. The van der Waals surface area contributed by atoms with Crippen LogP contribution in [0.5, 0.6) is 0 Å². The molecule has 0 saturated heterocycles. The Bertz CT molecular complexity index is 498. The second-order valence-electron chi connectivity index (χ2n) is 4.63. The largest absolute Gasteiger partial charge is 0.464 e. The van der Waals surface area contributed by atoms with Crippen molar-refractivity contribution in [3.05, 3.63) is 11.8 Å². The SMILES string of the molecule is COC(=O)c1cc(NN=CC=N[N+](C)(C)C)nn1C. The summed E-state index contributed by atoms with van der Waals surface area (Å²) in [6.45, 7) is 0. The molecule has 0 unspecified atom stereocenters. The third-order valence-corrected chi connectivity index (χ3v) is 2.01. The summed E-state index contributed by atoms with van der Waals surface area (Å²) in [6.07, 6.45) is 3.09. The highest BCUT2D eigenvalue weighted by Crippen LogP contribution is 2.08. The number of hydrogen-bond donors (Lipinski definition) is 1. The molecule has 19 heavy (non-hydrogen) atoms. The van der Waals surface area contributed by atoms with Crippen LogP contribution < -0.4 is 5.43 Å². The minimum atomic E-state index is -0.446. The molecule has 8 heteroatoms. The second-order valence-corrected chi connectivity index (χ2v) is 4.63. The van der Waals surface area contributed by atoms with Gasteiger partial charge in [0, 0.05) is 13.1 Å². The van der Waals surface area contributed by atoms with Crippen molar-refractivity contribution >= 4 is 24.2 Å². The first kappa shape index (κ1) is 14.8. The van der Waals surface area contributed by atoms with Gasteiger partial charge >= 0.3 is 5.97 Å². The molecule has 0 saturated carbocycles. The van der Waals surface area contributed by atoms with Gasteiger partial charge in [0.1, 0.15) is 11.9 Å². The molecular formula is C11H19N6O2+. The molecule has 0 aliphatic rings. The Morgan fingerprint density at radius 2 is 2.16 bits per heavy atom. The van der Waals surface area contributed by atoms with Gasteiger partial charge in [-0.1, -0.05) is 5.10 Å². The molecule has 0 radical (unpaired) electrons. The lowest BCUT2D eigenvalue weighted by atomic mass is 10.4. The lowest BCUT2D eigenvalue weighted by Gasteiger charge is -2.13. The molecule has 1 N–H and O–H groups in total. The van der Waals surface area contributed by atoms with Crippen molar-refractivity contribution in [1.29, 1.82) is 0 Å². The van der Waals surface area contributed by atoms with Crippen LogP contribution in [0, 0.1) is 0 Å². The number of hydrazone groups is 1. The Labute approximate surface area is 111 Å². The van der Waals surface area contributed by atoms with Crippen LogP contribution in [-0.2, 0) is 11.8 Å². The van der Waals surface area contributed by atoms with Crippen LogP contribution in [0.3, 0.4) is 0 Å². The van der Waals surface area contributed by atoms with Crippen LogP contribution >= 0.6 is 0 Å². The monoisotopic (exact) mass is 267 g/mol. The molecule has 0 aliphatic heterocycles. The highest BCUT2D eigenvalue weighted by Gasteiger charge is 2.12. The van der Waals surface area contributed by atoms with Crippen LogP contribution in [0.2, 0.25) is 0 Å². The third-order valence-electron chi connectivity index (χ3n) is 2.01. The second kappa shape index (κ2) is 6.10. The summed E-state index contributed by atoms with van der Waals surface area (Å²) in [5, 5.41) is 12.2. The molecule has 0 spiro atoms. The molecule has 1 aromatic rings. The van der Waals surface area contributed by atoms with Gasteiger partial charge in [0.05, 0.1) is 34.5 Å². The molecule has 0 aliphatic carbocycles. The zero-order valence-corrected chi connectivity index (χ0v) is 11.8. The molecule has 8 nitrogen and oxygen atoms in total. The van der Waals surface area contributed by atoms with Gasteiger partial charge in [0.2, 0.25) is 0 Å². The van der Waals surface area contributed by atoms with E-state index in [0.29, 0.717) is 16.1 Å². The zero-order valence-electron chi connectivity index (χ0n) is 11.8. The molecule has 0 atom stereocenters. The molecule has 1 aromatic heterocycles. The van der Waals surface area contributed by atoms with E-state index in [2.05, 4.69) is 25.5 Å². The average molecular weight is 267 g/mol. The smallest absolute Gasteiger partial charge is 0.356 e. The van der Waals surface area contributed by atoms with Gasteiger partial charge in [-0.2, -0.15) is 10.2 Å². The number of anilines is 1. The van der Waals surface area contributed by atoms with Crippen LogP contribution in [0.25, 0.3) is 0 Å². The topological polar surface area (TPSA) is 80.9 Å². The maximum atomic E-state index is 11.4. The number of aromatic nitrogens is 2. The fraction of sp³-hybridized carbons (Fsp3) is 0.455. The Hall–Kier alpha value is -2.22. The summed E-state index contributed by atoms with van der Waals surface area (Å²) in [7, 11) is 8.76. The lowest BCUT2D eigenvalue weighted by molar-refractivity contribution is -0.876. The van der Waals surface area contributed by atoms with E-state index in [-0.39, 0.29) is 0 Å². The van der Waals surface area contributed by atoms with Crippen LogP contribution in [0.4, 0.5) is 5.82 Å². The van der Waals surface area contributed by atoms with Crippen molar-refractivity contribution in [1.82, 2.24) is 9.78 Å². The number of carbonyl (C=O) groups excluding carboxylic acids is 1. The van der Waals surface area contributed by atoms with Gasteiger partial charge in [0.15, 0.2) is 5.82 Å². The van der Waals surface area contributed by atoms with E-state index in [4.69, 9.17) is 0 Å². The fourth-order valence-corrected chi connectivity index (χ4v) is 1.18. The first-order chi connectivity index (χ1) is 8.83. The van der Waals surface area contributed by atoms with Gasteiger partial charge < -0.3 is 4.74 Å². The number of carbonyl (C=O) groups is 1. The van der Waals surface area contributed by atoms with Crippen molar-refractivity contribution < 1.29 is 14.1 Å². The number of hydrogen-bond acceptors (Lipinski definition) is 6. The van der Waals surface area contributed by atoms with Gasteiger partial charge in [-0.05, 0) is 0 Å². The number of rotatable bonds is 5. The standard InChI is InChI=1S/C11H19N6O2/c1-16-9(11(18)19-5)8-10(15-16)14-12-6-7-13-17(2,3)4/h6-8H,1-5H3,(H,14,15)/q+1. The lowest BCUT2D eigenvalue weighted by Crippen LogP contribution is -2.27. The highest BCUT2D eigenvalue weighted by molar-refractivity contribution is 6.15. The van der Waals surface area contributed by atoms with E-state index < -0.39 is 5.97 Å². The summed E-state index contributed by atoms with van der Waals surface area (Å²) >= 11 is 0. The van der Waals surface area contributed by atoms with Gasteiger partial charge in [-0.15, -0.1) is 0 Å². The van der Waals surface area contributed by atoms with E-state index in [1.165, 1.54) is 18.0 Å². The van der Waals surface area contributed by atoms with Crippen LogP contribution in [-0.4, -0.2) is 61.0 Å². The van der Waals surface area contributed by atoms with Crippen molar-refractivity contribution in [2.45, 2.75) is 0 Å². The minimum Gasteiger partial charge on any atom is -0.464 e. The predicted molar refractivity (Wildman–Crippen MR) is 73.2 cm³/mol. The molecule has 104 valence electrons. The fourth-order valence-electron chi connectivity index (χ4n) is 1.18. The van der Waals surface area contributed by atoms with Gasteiger partial charge in [0.25, 0.3) is 0 Å². The van der Waals surface area contributed by atoms with Crippen LogP contribution in [0.15, 0.2) is 16.3 Å². The molecule has 0 aromatic carbocycles. The van der Waals surface area contributed by atoms with Crippen LogP contribution in [0.1, 0.15) is 10.5 Å². The van der Waals surface area contributed by atoms with Crippen molar-refractivity contribution in [2.24, 2.45) is 17.3 Å². The Kier molecular flexibility index (Phi) is 4.76. The predicted octanol–water partition coefficient (Wildman–Crippen LogP) is 0.296. The summed E-state index contributed by atoms with van der Waals surface area (Å²) in [4.78, 5) is 11.4.